The third-order valence-corrected chi connectivity index (χ3v) is 4.05. The summed E-state index contributed by atoms with van der Waals surface area (Å²) in [7, 11) is 0.163. The van der Waals surface area contributed by atoms with Crippen molar-refractivity contribution < 1.29 is 17.9 Å². The molecule has 114 valence electrons. The maximum atomic E-state index is 11.2. The summed E-state index contributed by atoms with van der Waals surface area (Å²) in [6, 6.07) is 5.33. The molecule has 0 radical (unpaired) electrons. The quantitative estimate of drug-likeness (QED) is 0.550. The van der Waals surface area contributed by atoms with Crippen LogP contribution in [-0.4, -0.2) is 34.6 Å². The first kappa shape index (κ1) is 16.7. The van der Waals surface area contributed by atoms with Crippen LogP contribution < -0.4 is 20.7 Å². The molecule has 1 atom stereocenters. The van der Waals surface area contributed by atoms with Crippen molar-refractivity contribution in [2.75, 3.05) is 26.2 Å². The Morgan fingerprint density at radius 1 is 1.30 bits per heavy atom. The minimum absolute atomic E-state index is 0.136. The highest BCUT2D eigenvalue weighted by atomic mass is 32.2. The Morgan fingerprint density at radius 3 is 2.50 bits per heavy atom. The molecule has 0 fully saturated rings. The number of methoxy groups -OCH3 is 2. The molecule has 0 heterocycles. The molecule has 20 heavy (non-hydrogen) atoms. The zero-order valence-electron chi connectivity index (χ0n) is 12.0. The fourth-order valence-corrected chi connectivity index (χ4v) is 2.76. The summed E-state index contributed by atoms with van der Waals surface area (Å²) in [5, 5.41) is 0. The number of rotatable bonds is 8. The van der Waals surface area contributed by atoms with Crippen LogP contribution in [0.5, 0.6) is 11.5 Å². The van der Waals surface area contributed by atoms with Crippen molar-refractivity contribution in [2.24, 2.45) is 5.84 Å². The van der Waals surface area contributed by atoms with Gasteiger partial charge in [-0.25, -0.2) is 8.42 Å². The van der Waals surface area contributed by atoms with Gasteiger partial charge in [0.1, 0.15) is 9.84 Å². The van der Waals surface area contributed by atoms with Gasteiger partial charge in [-0.15, -0.1) is 0 Å². The molecule has 0 spiro atoms. The van der Waals surface area contributed by atoms with Crippen molar-refractivity contribution >= 4 is 9.84 Å². The molecule has 0 saturated heterocycles. The minimum Gasteiger partial charge on any atom is -0.493 e. The molecule has 0 bridgehead atoms. The van der Waals surface area contributed by atoms with E-state index in [-0.39, 0.29) is 11.8 Å². The maximum Gasteiger partial charge on any atom is 0.165 e. The van der Waals surface area contributed by atoms with Crippen LogP contribution in [0.3, 0.4) is 0 Å². The van der Waals surface area contributed by atoms with Gasteiger partial charge in [0.25, 0.3) is 0 Å². The SMILES string of the molecule is COc1cccc(C(CCCS(C)(=O)=O)NN)c1OC. The van der Waals surface area contributed by atoms with Gasteiger partial charge < -0.3 is 9.47 Å². The van der Waals surface area contributed by atoms with Crippen LogP contribution in [0.2, 0.25) is 0 Å². The number of nitrogens with one attached hydrogen (secondary N) is 1. The highest BCUT2D eigenvalue weighted by Crippen LogP contribution is 2.35. The van der Waals surface area contributed by atoms with Gasteiger partial charge in [-0.1, -0.05) is 12.1 Å². The molecule has 7 heteroatoms. The Balaban J connectivity index is 2.89. The van der Waals surface area contributed by atoms with Crippen LogP contribution >= 0.6 is 0 Å². The molecule has 0 aliphatic carbocycles. The second-order valence-electron chi connectivity index (χ2n) is 4.57. The Bertz CT molecular complexity index is 531. The molecule has 1 unspecified atom stereocenters. The maximum absolute atomic E-state index is 11.2. The second kappa shape index (κ2) is 7.47. The summed E-state index contributed by atoms with van der Waals surface area (Å²) < 4.78 is 32.9. The van der Waals surface area contributed by atoms with Crippen molar-refractivity contribution in [2.45, 2.75) is 18.9 Å². The topological polar surface area (TPSA) is 90.7 Å². The lowest BCUT2D eigenvalue weighted by Gasteiger charge is -2.20. The van der Waals surface area contributed by atoms with Gasteiger partial charge in [-0.05, 0) is 18.9 Å². The normalized spacial score (nSPS) is 13.0. The number of benzene rings is 1. The number of hydrogen-bond donors (Lipinski definition) is 2. The van der Waals surface area contributed by atoms with E-state index in [4.69, 9.17) is 15.3 Å². The van der Waals surface area contributed by atoms with Gasteiger partial charge in [0.2, 0.25) is 0 Å². The van der Waals surface area contributed by atoms with E-state index in [2.05, 4.69) is 5.43 Å². The fourth-order valence-electron chi connectivity index (χ4n) is 2.06. The van der Waals surface area contributed by atoms with Crippen LogP contribution in [0.15, 0.2) is 18.2 Å². The third-order valence-electron chi connectivity index (χ3n) is 3.02. The molecule has 6 nitrogen and oxygen atoms in total. The molecule has 0 aliphatic rings. The van der Waals surface area contributed by atoms with Crippen molar-refractivity contribution in [1.82, 2.24) is 5.43 Å². The van der Waals surface area contributed by atoms with E-state index in [0.717, 1.165) is 5.56 Å². The highest BCUT2D eigenvalue weighted by molar-refractivity contribution is 7.90. The van der Waals surface area contributed by atoms with E-state index < -0.39 is 9.84 Å². The lowest BCUT2D eigenvalue weighted by atomic mass is 10.0. The Hall–Kier alpha value is -1.31. The van der Waals surface area contributed by atoms with Gasteiger partial charge in [0.05, 0.1) is 14.2 Å². The van der Waals surface area contributed by atoms with E-state index in [1.54, 1.807) is 20.3 Å². The Labute approximate surface area is 120 Å². The summed E-state index contributed by atoms with van der Waals surface area (Å²) in [5.74, 6) is 6.94. The molecule has 1 aromatic carbocycles. The lowest BCUT2D eigenvalue weighted by molar-refractivity contribution is 0.345. The van der Waals surface area contributed by atoms with Gasteiger partial charge in [0, 0.05) is 23.6 Å². The summed E-state index contributed by atoms with van der Waals surface area (Å²) in [4.78, 5) is 0. The summed E-state index contributed by atoms with van der Waals surface area (Å²) in [6.07, 6.45) is 2.34. The van der Waals surface area contributed by atoms with Crippen molar-refractivity contribution in [3.63, 3.8) is 0 Å². The van der Waals surface area contributed by atoms with E-state index in [1.807, 2.05) is 12.1 Å². The van der Waals surface area contributed by atoms with E-state index in [1.165, 1.54) is 6.26 Å². The number of ether oxygens (including phenoxy) is 2. The van der Waals surface area contributed by atoms with Gasteiger partial charge >= 0.3 is 0 Å². The van der Waals surface area contributed by atoms with Crippen molar-refractivity contribution in [3.05, 3.63) is 23.8 Å². The zero-order valence-corrected chi connectivity index (χ0v) is 12.9. The standard InChI is InChI=1S/C13H22N2O4S/c1-18-12-8-4-6-10(13(12)19-2)11(15-14)7-5-9-20(3,16)17/h4,6,8,11,15H,5,7,9,14H2,1-3H3. The van der Waals surface area contributed by atoms with Crippen LogP contribution in [0.25, 0.3) is 0 Å². The molecule has 1 rings (SSSR count). The first-order valence-electron chi connectivity index (χ1n) is 6.27. The molecule has 0 saturated carbocycles. The third kappa shape index (κ3) is 4.66. The number of nitrogens with two attached hydrogens (primary N) is 1. The summed E-state index contributed by atoms with van der Waals surface area (Å²) in [6.45, 7) is 0. The largest absolute Gasteiger partial charge is 0.493 e. The number of para-hydroxylation sites is 1. The highest BCUT2D eigenvalue weighted by Gasteiger charge is 2.18. The fraction of sp³-hybridized carbons (Fsp3) is 0.538. The van der Waals surface area contributed by atoms with Crippen molar-refractivity contribution in [3.8, 4) is 11.5 Å². The van der Waals surface area contributed by atoms with Crippen LogP contribution in [-0.2, 0) is 9.84 Å². The van der Waals surface area contributed by atoms with Crippen molar-refractivity contribution in [1.29, 1.82) is 0 Å². The monoisotopic (exact) mass is 302 g/mol. The number of hydrazine groups is 1. The Kier molecular flexibility index (Phi) is 6.25. The van der Waals surface area contributed by atoms with Gasteiger partial charge in [-0.2, -0.15) is 0 Å². The summed E-state index contributed by atoms with van der Waals surface area (Å²) in [5.41, 5.74) is 3.55. The van der Waals surface area contributed by atoms with Crippen LogP contribution in [0.1, 0.15) is 24.4 Å². The molecule has 3 N–H and O–H groups in total. The van der Waals surface area contributed by atoms with Gasteiger partial charge in [0.15, 0.2) is 11.5 Å². The average Bonchev–Trinajstić information content (AvgIpc) is 2.41. The van der Waals surface area contributed by atoms with E-state index >= 15 is 0 Å². The van der Waals surface area contributed by atoms with E-state index in [0.29, 0.717) is 24.3 Å². The second-order valence-corrected chi connectivity index (χ2v) is 6.83. The van der Waals surface area contributed by atoms with Crippen LogP contribution in [0, 0.1) is 0 Å². The first-order valence-corrected chi connectivity index (χ1v) is 8.33. The molecule has 0 aliphatic heterocycles. The number of sulfone groups is 1. The molecule has 1 aromatic rings. The molecular formula is C13H22N2O4S. The van der Waals surface area contributed by atoms with E-state index in [9.17, 15) is 8.42 Å². The average molecular weight is 302 g/mol. The zero-order chi connectivity index (χ0) is 15.2. The number of hydrogen-bond acceptors (Lipinski definition) is 6. The Morgan fingerprint density at radius 2 is 2.00 bits per heavy atom. The smallest absolute Gasteiger partial charge is 0.165 e. The summed E-state index contributed by atoms with van der Waals surface area (Å²) >= 11 is 0. The molecule has 0 aromatic heterocycles. The van der Waals surface area contributed by atoms with Crippen LogP contribution in [0.4, 0.5) is 0 Å². The van der Waals surface area contributed by atoms with Gasteiger partial charge in [-0.3, -0.25) is 11.3 Å². The lowest BCUT2D eigenvalue weighted by Crippen LogP contribution is -2.28. The first-order chi connectivity index (χ1) is 9.42. The molecular weight excluding hydrogens is 280 g/mol. The predicted octanol–water partition coefficient (Wildman–Crippen LogP) is 1.03. The molecule has 0 amide bonds. The predicted molar refractivity (Wildman–Crippen MR) is 78.6 cm³/mol. The minimum atomic E-state index is -2.96.